The standard InChI is InChI=1S/C12H14FNO3/c1-8-5-6-9(13)7-10(8)14-11(15)3-2-4-12(16)17/h5-7H,2-4H2,1H3,(H,14,15)(H,16,17). The topological polar surface area (TPSA) is 66.4 Å². The number of carbonyl (C=O) groups is 2. The molecule has 0 aliphatic carbocycles. The molecule has 0 aliphatic heterocycles. The molecule has 0 heterocycles. The molecule has 17 heavy (non-hydrogen) atoms. The van der Waals surface area contributed by atoms with Crippen LogP contribution >= 0.6 is 0 Å². The Morgan fingerprint density at radius 3 is 2.71 bits per heavy atom. The van der Waals surface area contributed by atoms with Gasteiger partial charge in [-0.3, -0.25) is 9.59 Å². The van der Waals surface area contributed by atoms with Crippen molar-refractivity contribution < 1.29 is 19.1 Å². The summed E-state index contributed by atoms with van der Waals surface area (Å²) >= 11 is 0. The second-order valence-electron chi connectivity index (χ2n) is 3.75. The minimum absolute atomic E-state index is 0.0461. The fourth-order valence-corrected chi connectivity index (χ4v) is 1.34. The zero-order valence-corrected chi connectivity index (χ0v) is 9.50. The van der Waals surface area contributed by atoms with Crippen molar-refractivity contribution in [2.75, 3.05) is 5.32 Å². The van der Waals surface area contributed by atoms with E-state index in [2.05, 4.69) is 5.32 Å². The summed E-state index contributed by atoms with van der Waals surface area (Å²) in [5, 5.41) is 11.0. The van der Waals surface area contributed by atoms with E-state index < -0.39 is 11.8 Å². The van der Waals surface area contributed by atoms with Crippen LogP contribution in [-0.2, 0) is 9.59 Å². The molecule has 1 rings (SSSR count). The van der Waals surface area contributed by atoms with Crippen LogP contribution in [0.4, 0.5) is 10.1 Å². The number of carboxylic acid groups (broad SMARTS) is 1. The maximum Gasteiger partial charge on any atom is 0.303 e. The van der Waals surface area contributed by atoms with Crippen molar-refractivity contribution in [1.82, 2.24) is 0 Å². The van der Waals surface area contributed by atoms with Crippen LogP contribution in [0.3, 0.4) is 0 Å². The van der Waals surface area contributed by atoms with Crippen LogP contribution < -0.4 is 5.32 Å². The third-order valence-electron chi connectivity index (χ3n) is 2.27. The molecule has 1 aromatic rings. The second-order valence-corrected chi connectivity index (χ2v) is 3.75. The highest BCUT2D eigenvalue weighted by Gasteiger charge is 2.06. The Labute approximate surface area is 98.5 Å². The molecule has 2 N–H and O–H groups in total. The Balaban J connectivity index is 2.50. The number of halogens is 1. The summed E-state index contributed by atoms with van der Waals surface area (Å²) in [4.78, 5) is 21.7. The van der Waals surface area contributed by atoms with Gasteiger partial charge in [0.25, 0.3) is 0 Å². The first kappa shape index (κ1) is 13.2. The van der Waals surface area contributed by atoms with Crippen LogP contribution in [-0.4, -0.2) is 17.0 Å². The molecule has 0 bridgehead atoms. The summed E-state index contributed by atoms with van der Waals surface area (Å²) in [5.74, 6) is -1.66. The molecule has 4 nitrogen and oxygen atoms in total. The van der Waals surface area contributed by atoms with Crippen molar-refractivity contribution in [3.8, 4) is 0 Å². The third-order valence-corrected chi connectivity index (χ3v) is 2.27. The first-order valence-corrected chi connectivity index (χ1v) is 5.27. The van der Waals surface area contributed by atoms with E-state index in [4.69, 9.17) is 5.11 Å². The minimum Gasteiger partial charge on any atom is -0.481 e. The number of rotatable bonds is 5. The lowest BCUT2D eigenvalue weighted by Gasteiger charge is -2.07. The number of nitrogens with one attached hydrogen (secondary N) is 1. The Bertz CT molecular complexity index is 432. The zero-order chi connectivity index (χ0) is 12.8. The van der Waals surface area contributed by atoms with E-state index in [0.717, 1.165) is 5.56 Å². The van der Waals surface area contributed by atoms with Crippen molar-refractivity contribution in [1.29, 1.82) is 0 Å². The highest BCUT2D eigenvalue weighted by molar-refractivity contribution is 5.91. The van der Waals surface area contributed by atoms with Crippen LogP contribution in [0.2, 0.25) is 0 Å². The van der Waals surface area contributed by atoms with Crippen molar-refractivity contribution in [3.63, 3.8) is 0 Å². The molecule has 0 spiro atoms. The molecule has 0 aliphatic rings. The van der Waals surface area contributed by atoms with E-state index in [0.29, 0.717) is 5.69 Å². The number of hydrogen-bond acceptors (Lipinski definition) is 2. The first-order chi connectivity index (χ1) is 7.99. The third kappa shape index (κ3) is 4.63. The van der Waals surface area contributed by atoms with Crippen LogP contribution in [0.5, 0.6) is 0 Å². The van der Waals surface area contributed by atoms with Crippen LogP contribution in [0.15, 0.2) is 18.2 Å². The van der Waals surface area contributed by atoms with E-state index in [1.165, 1.54) is 12.1 Å². The first-order valence-electron chi connectivity index (χ1n) is 5.27. The Morgan fingerprint density at radius 2 is 2.06 bits per heavy atom. The lowest BCUT2D eigenvalue weighted by atomic mass is 10.2. The molecule has 0 unspecified atom stereocenters. The largest absolute Gasteiger partial charge is 0.481 e. The number of aryl methyl sites for hydroxylation is 1. The predicted molar refractivity (Wildman–Crippen MR) is 61.3 cm³/mol. The van der Waals surface area contributed by atoms with Gasteiger partial charge >= 0.3 is 5.97 Å². The average Bonchev–Trinajstić information content (AvgIpc) is 2.23. The number of carboxylic acids is 1. The normalized spacial score (nSPS) is 10.0. The summed E-state index contributed by atoms with van der Waals surface area (Å²) in [6.07, 6.45) is 0.341. The van der Waals surface area contributed by atoms with E-state index in [-0.39, 0.29) is 25.2 Å². The second kappa shape index (κ2) is 5.98. The smallest absolute Gasteiger partial charge is 0.303 e. The van der Waals surface area contributed by atoms with Crippen molar-refractivity contribution in [2.24, 2.45) is 0 Å². The number of hydrogen-bond donors (Lipinski definition) is 2. The quantitative estimate of drug-likeness (QED) is 0.828. The Kier molecular flexibility index (Phi) is 4.63. The molecule has 0 saturated carbocycles. The van der Waals surface area contributed by atoms with Gasteiger partial charge in [0.15, 0.2) is 0 Å². The van der Waals surface area contributed by atoms with E-state index in [9.17, 15) is 14.0 Å². The Morgan fingerprint density at radius 1 is 1.35 bits per heavy atom. The number of amides is 1. The van der Waals surface area contributed by atoms with Gasteiger partial charge in [-0.15, -0.1) is 0 Å². The fraction of sp³-hybridized carbons (Fsp3) is 0.333. The number of anilines is 1. The zero-order valence-electron chi connectivity index (χ0n) is 9.50. The predicted octanol–water partition coefficient (Wildman–Crippen LogP) is 2.33. The van der Waals surface area contributed by atoms with E-state index in [1.54, 1.807) is 13.0 Å². The number of aliphatic carboxylic acids is 1. The Hall–Kier alpha value is -1.91. The van der Waals surface area contributed by atoms with Gasteiger partial charge in [-0.05, 0) is 31.0 Å². The van der Waals surface area contributed by atoms with Gasteiger partial charge in [0, 0.05) is 18.5 Å². The molecule has 5 heteroatoms. The van der Waals surface area contributed by atoms with Gasteiger partial charge < -0.3 is 10.4 Å². The van der Waals surface area contributed by atoms with E-state index in [1.807, 2.05) is 0 Å². The molecule has 0 fully saturated rings. The van der Waals surface area contributed by atoms with Crippen molar-refractivity contribution in [3.05, 3.63) is 29.6 Å². The van der Waals surface area contributed by atoms with Gasteiger partial charge in [0.2, 0.25) is 5.91 Å². The van der Waals surface area contributed by atoms with Crippen LogP contribution in [0, 0.1) is 12.7 Å². The SMILES string of the molecule is Cc1ccc(F)cc1NC(=O)CCCC(=O)O. The average molecular weight is 239 g/mol. The van der Waals surface area contributed by atoms with Crippen LogP contribution in [0.25, 0.3) is 0 Å². The fourth-order valence-electron chi connectivity index (χ4n) is 1.34. The van der Waals surface area contributed by atoms with Gasteiger partial charge in [-0.2, -0.15) is 0 Å². The number of carbonyl (C=O) groups excluding carboxylic acids is 1. The van der Waals surface area contributed by atoms with Gasteiger partial charge in [-0.1, -0.05) is 6.07 Å². The van der Waals surface area contributed by atoms with Gasteiger partial charge in [0.05, 0.1) is 0 Å². The maximum absolute atomic E-state index is 12.9. The van der Waals surface area contributed by atoms with Crippen LogP contribution in [0.1, 0.15) is 24.8 Å². The summed E-state index contributed by atoms with van der Waals surface area (Å²) in [6, 6.07) is 4.13. The summed E-state index contributed by atoms with van der Waals surface area (Å²) in [5.41, 5.74) is 1.18. The molecule has 0 saturated heterocycles. The molecule has 0 aromatic heterocycles. The summed E-state index contributed by atoms with van der Waals surface area (Å²) < 4.78 is 12.9. The molecule has 1 amide bonds. The number of benzene rings is 1. The lowest BCUT2D eigenvalue weighted by molar-refractivity contribution is -0.137. The molecular weight excluding hydrogens is 225 g/mol. The maximum atomic E-state index is 12.9. The highest BCUT2D eigenvalue weighted by atomic mass is 19.1. The summed E-state index contributed by atoms with van der Waals surface area (Å²) in [6.45, 7) is 1.76. The molecule has 0 radical (unpaired) electrons. The lowest BCUT2D eigenvalue weighted by Crippen LogP contribution is -2.12. The van der Waals surface area contributed by atoms with Gasteiger partial charge in [-0.25, -0.2) is 4.39 Å². The molecule has 0 atom stereocenters. The molecule has 1 aromatic carbocycles. The van der Waals surface area contributed by atoms with Gasteiger partial charge in [0.1, 0.15) is 5.82 Å². The van der Waals surface area contributed by atoms with Crippen molar-refractivity contribution in [2.45, 2.75) is 26.2 Å². The molecule has 92 valence electrons. The van der Waals surface area contributed by atoms with E-state index >= 15 is 0 Å². The molecular formula is C12H14FNO3. The van der Waals surface area contributed by atoms with Crippen molar-refractivity contribution >= 4 is 17.6 Å². The summed E-state index contributed by atoms with van der Waals surface area (Å²) in [7, 11) is 0. The minimum atomic E-state index is -0.931. The highest BCUT2D eigenvalue weighted by Crippen LogP contribution is 2.16. The monoisotopic (exact) mass is 239 g/mol.